The van der Waals surface area contributed by atoms with Gasteiger partial charge in [0.25, 0.3) is 0 Å². The van der Waals surface area contributed by atoms with Gasteiger partial charge in [-0.1, -0.05) is 0 Å². The lowest BCUT2D eigenvalue weighted by Crippen LogP contribution is -2.32. The summed E-state index contributed by atoms with van der Waals surface area (Å²) in [5, 5.41) is 2.78. The summed E-state index contributed by atoms with van der Waals surface area (Å²) < 4.78 is 2.07. The number of rotatable bonds is 1. The molecule has 2 aliphatic heterocycles. The molecule has 4 rings (SSSR count). The molecule has 1 aromatic heterocycles. The van der Waals surface area contributed by atoms with Crippen LogP contribution < -0.4 is 5.32 Å². The van der Waals surface area contributed by atoms with Crippen molar-refractivity contribution in [3.63, 3.8) is 0 Å². The summed E-state index contributed by atoms with van der Waals surface area (Å²) in [7, 11) is 0. The minimum atomic E-state index is 0.00265. The second-order valence-corrected chi connectivity index (χ2v) is 5.45. The predicted molar refractivity (Wildman–Crippen MR) is 78.7 cm³/mol. The van der Waals surface area contributed by atoms with E-state index in [-0.39, 0.29) is 5.91 Å². The highest BCUT2D eigenvalue weighted by Gasteiger charge is 2.29. The van der Waals surface area contributed by atoms with Crippen molar-refractivity contribution in [2.45, 2.75) is 20.4 Å². The maximum Gasteiger partial charge on any atom is 0.246 e. The Morgan fingerprint density at radius 2 is 2.10 bits per heavy atom. The van der Waals surface area contributed by atoms with Crippen LogP contribution in [-0.4, -0.2) is 32.9 Å². The van der Waals surface area contributed by atoms with E-state index in [0.717, 1.165) is 28.5 Å². The summed E-state index contributed by atoms with van der Waals surface area (Å²) in [6.07, 6.45) is 2.02. The van der Waals surface area contributed by atoms with Crippen LogP contribution in [-0.2, 0) is 11.3 Å². The highest BCUT2D eigenvalue weighted by atomic mass is 16.2. The Morgan fingerprint density at radius 3 is 2.86 bits per heavy atom. The molecule has 1 aromatic carbocycles. The molecule has 2 aromatic rings. The van der Waals surface area contributed by atoms with Crippen molar-refractivity contribution in [2.24, 2.45) is 4.99 Å². The van der Waals surface area contributed by atoms with Gasteiger partial charge >= 0.3 is 0 Å². The molecular formula is C15H15N5O. The molecular weight excluding hydrogens is 266 g/mol. The first-order valence-corrected chi connectivity index (χ1v) is 6.89. The number of nitrogens with zero attached hydrogens (tertiary/aromatic N) is 4. The van der Waals surface area contributed by atoms with Crippen LogP contribution in [0.15, 0.2) is 29.4 Å². The van der Waals surface area contributed by atoms with Crippen molar-refractivity contribution in [2.75, 3.05) is 6.54 Å². The Balaban J connectivity index is 1.76. The topological polar surface area (TPSA) is 62.5 Å². The minimum absolute atomic E-state index is 0.00265. The summed E-state index contributed by atoms with van der Waals surface area (Å²) in [6, 6.07) is 6.14. The molecule has 0 unspecified atom stereocenters. The average Bonchev–Trinajstić information content (AvgIpc) is 2.96. The number of carbonyl (C=O) groups excluding carboxylic acids is 1. The number of aliphatic imine (C=N–C) groups is 1. The van der Waals surface area contributed by atoms with Crippen LogP contribution in [0, 0.1) is 13.8 Å². The number of fused-ring (bicyclic) bond motifs is 2. The Labute approximate surface area is 122 Å². The maximum atomic E-state index is 11.5. The number of aromatic nitrogens is 2. The predicted octanol–water partition coefficient (Wildman–Crippen LogP) is 1.42. The molecule has 6 heteroatoms. The van der Waals surface area contributed by atoms with Gasteiger partial charge in [0.1, 0.15) is 12.4 Å². The number of aryl methyl sites for hydroxylation is 2. The summed E-state index contributed by atoms with van der Waals surface area (Å²) in [5.74, 6) is 1.63. The molecule has 0 radical (unpaired) electrons. The molecule has 0 aliphatic carbocycles. The molecule has 1 amide bonds. The fourth-order valence-corrected chi connectivity index (χ4v) is 2.88. The van der Waals surface area contributed by atoms with Gasteiger partial charge in [0.2, 0.25) is 11.9 Å². The van der Waals surface area contributed by atoms with Crippen molar-refractivity contribution < 1.29 is 4.79 Å². The summed E-state index contributed by atoms with van der Waals surface area (Å²) in [6.45, 7) is 5.06. The molecule has 21 heavy (non-hydrogen) atoms. The van der Waals surface area contributed by atoms with Gasteiger partial charge in [-0.25, -0.2) is 9.98 Å². The van der Waals surface area contributed by atoms with E-state index in [9.17, 15) is 4.79 Å². The van der Waals surface area contributed by atoms with Gasteiger partial charge in [-0.3, -0.25) is 10.1 Å². The second-order valence-electron chi connectivity index (χ2n) is 5.45. The number of carbonyl (C=O) groups is 1. The first-order chi connectivity index (χ1) is 10.1. The molecule has 1 saturated heterocycles. The molecule has 1 N–H and O–H groups in total. The zero-order valence-corrected chi connectivity index (χ0v) is 11.9. The number of hydrogen-bond donors (Lipinski definition) is 1. The van der Waals surface area contributed by atoms with E-state index in [4.69, 9.17) is 0 Å². The van der Waals surface area contributed by atoms with Crippen LogP contribution in [0.4, 0.5) is 5.69 Å². The van der Waals surface area contributed by atoms with E-state index in [1.807, 2.05) is 37.1 Å². The van der Waals surface area contributed by atoms with E-state index in [1.165, 1.54) is 0 Å². The van der Waals surface area contributed by atoms with Crippen molar-refractivity contribution in [1.82, 2.24) is 19.8 Å². The number of guanidine groups is 1. The first kappa shape index (κ1) is 12.1. The third-order valence-corrected chi connectivity index (χ3v) is 3.82. The summed E-state index contributed by atoms with van der Waals surface area (Å²) >= 11 is 0. The largest absolute Gasteiger partial charge is 0.329 e. The Hall–Kier alpha value is -2.63. The van der Waals surface area contributed by atoms with Gasteiger partial charge in [-0.15, -0.1) is 0 Å². The molecule has 0 saturated carbocycles. The van der Waals surface area contributed by atoms with Crippen LogP contribution in [0.3, 0.4) is 0 Å². The highest BCUT2D eigenvalue weighted by molar-refractivity contribution is 6.05. The van der Waals surface area contributed by atoms with Crippen molar-refractivity contribution in [3.8, 4) is 5.69 Å². The Morgan fingerprint density at radius 1 is 1.24 bits per heavy atom. The van der Waals surface area contributed by atoms with Gasteiger partial charge in [0, 0.05) is 18.4 Å². The first-order valence-electron chi connectivity index (χ1n) is 6.89. The summed E-state index contributed by atoms with van der Waals surface area (Å²) in [5.41, 5.74) is 4.11. The lowest BCUT2D eigenvalue weighted by molar-refractivity contribution is -0.118. The third-order valence-electron chi connectivity index (χ3n) is 3.82. The fraction of sp³-hybridized carbons (Fsp3) is 0.267. The van der Waals surface area contributed by atoms with E-state index in [0.29, 0.717) is 19.0 Å². The van der Waals surface area contributed by atoms with Crippen molar-refractivity contribution in [3.05, 3.63) is 41.5 Å². The van der Waals surface area contributed by atoms with Gasteiger partial charge in [-0.2, -0.15) is 0 Å². The molecule has 0 spiro atoms. The van der Waals surface area contributed by atoms with E-state index >= 15 is 0 Å². The van der Waals surface area contributed by atoms with E-state index in [1.54, 1.807) is 0 Å². The number of benzene rings is 1. The standard InChI is InChI=1S/C15H15N5O/c1-9-6-20(10(2)16-9)12-3-4-13-11(5-12)7-19-8-14(21)18-15(19)17-13/h3-6H,7-8H2,1-2H3,(H,17,18,21). The van der Waals surface area contributed by atoms with Crippen molar-refractivity contribution in [1.29, 1.82) is 0 Å². The molecule has 106 valence electrons. The van der Waals surface area contributed by atoms with Crippen LogP contribution in [0.1, 0.15) is 17.1 Å². The molecule has 6 nitrogen and oxygen atoms in total. The minimum Gasteiger partial charge on any atom is -0.329 e. The lowest BCUT2D eigenvalue weighted by atomic mass is 10.1. The normalized spacial score (nSPS) is 16.4. The van der Waals surface area contributed by atoms with Crippen LogP contribution in [0.2, 0.25) is 0 Å². The number of amides is 1. The molecule has 0 atom stereocenters. The van der Waals surface area contributed by atoms with Gasteiger partial charge in [0.05, 0.1) is 11.4 Å². The zero-order chi connectivity index (χ0) is 14.6. The molecule has 0 bridgehead atoms. The van der Waals surface area contributed by atoms with Gasteiger partial charge in [-0.05, 0) is 37.6 Å². The van der Waals surface area contributed by atoms with E-state index < -0.39 is 0 Å². The lowest BCUT2D eigenvalue weighted by Gasteiger charge is -2.23. The second kappa shape index (κ2) is 4.18. The van der Waals surface area contributed by atoms with Gasteiger partial charge < -0.3 is 9.47 Å². The third kappa shape index (κ3) is 1.91. The van der Waals surface area contributed by atoms with Crippen molar-refractivity contribution >= 4 is 17.6 Å². The maximum absolute atomic E-state index is 11.5. The number of imidazole rings is 1. The Kier molecular flexibility index (Phi) is 2.42. The monoisotopic (exact) mass is 281 g/mol. The zero-order valence-electron chi connectivity index (χ0n) is 11.9. The number of hydrogen-bond acceptors (Lipinski definition) is 4. The van der Waals surface area contributed by atoms with Crippen LogP contribution in [0.25, 0.3) is 5.69 Å². The van der Waals surface area contributed by atoms with E-state index in [2.05, 4.69) is 25.9 Å². The SMILES string of the molecule is Cc1cn(-c2ccc3c(c2)CN2CC(=O)NC2=N3)c(C)n1. The molecule has 3 heterocycles. The quantitative estimate of drug-likeness (QED) is 0.860. The smallest absolute Gasteiger partial charge is 0.246 e. The number of nitrogens with one attached hydrogen (secondary N) is 1. The average molecular weight is 281 g/mol. The highest BCUT2D eigenvalue weighted by Crippen LogP contribution is 2.29. The van der Waals surface area contributed by atoms with Crippen LogP contribution in [0.5, 0.6) is 0 Å². The summed E-state index contributed by atoms with van der Waals surface area (Å²) in [4.78, 5) is 22.3. The van der Waals surface area contributed by atoms with Crippen LogP contribution >= 0.6 is 0 Å². The molecule has 2 aliphatic rings. The molecule has 1 fully saturated rings. The van der Waals surface area contributed by atoms with Gasteiger partial charge in [0.15, 0.2) is 0 Å². The Bertz CT molecular complexity index is 789. The fourth-order valence-electron chi connectivity index (χ4n) is 2.88.